The van der Waals surface area contributed by atoms with Crippen LogP contribution in [0, 0.1) is 6.92 Å². The number of benzene rings is 2. The van der Waals surface area contributed by atoms with Gasteiger partial charge in [-0.15, -0.1) is 0 Å². The second kappa shape index (κ2) is 7.74. The summed E-state index contributed by atoms with van der Waals surface area (Å²) in [5.41, 5.74) is 2.22. The summed E-state index contributed by atoms with van der Waals surface area (Å²) in [4.78, 5) is 12.3. The summed E-state index contributed by atoms with van der Waals surface area (Å²) < 4.78 is 5.72. The van der Waals surface area contributed by atoms with E-state index in [2.05, 4.69) is 10.6 Å². The fraction of sp³-hybridized carbons (Fsp3) is 0.222. The third kappa shape index (κ3) is 4.79. The van der Waals surface area contributed by atoms with Crippen LogP contribution in [0.1, 0.15) is 29.8 Å². The number of aryl methyl sites for hydroxylation is 1. The molecule has 0 radical (unpaired) electrons. The maximum atomic E-state index is 12.3. The number of ether oxygens (including phenoxy) is 1. The van der Waals surface area contributed by atoms with Crippen LogP contribution < -0.4 is 15.4 Å². The summed E-state index contributed by atoms with van der Waals surface area (Å²) in [7, 11) is 0. The number of thiocarbonyl (C=S) groups is 1. The van der Waals surface area contributed by atoms with Crippen LogP contribution in [0.3, 0.4) is 0 Å². The molecule has 0 saturated carbocycles. The predicted molar refractivity (Wildman–Crippen MR) is 97.1 cm³/mol. The van der Waals surface area contributed by atoms with Crippen molar-refractivity contribution in [2.45, 2.75) is 26.9 Å². The highest BCUT2D eigenvalue weighted by Gasteiger charge is 2.12. The minimum atomic E-state index is -0.233. The topological polar surface area (TPSA) is 50.4 Å². The Morgan fingerprint density at radius 2 is 1.74 bits per heavy atom. The Bertz CT molecular complexity index is 714. The molecule has 0 aliphatic heterocycles. The maximum absolute atomic E-state index is 12.3. The zero-order valence-electron chi connectivity index (χ0n) is 13.4. The molecule has 0 bridgehead atoms. The lowest BCUT2D eigenvalue weighted by atomic mass is 10.1. The van der Waals surface area contributed by atoms with Crippen molar-refractivity contribution < 1.29 is 9.53 Å². The molecule has 0 aliphatic rings. The van der Waals surface area contributed by atoms with Crippen LogP contribution in [-0.2, 0) is 0 Å². The van der Waals surface area contributed by atoms with Gasteiger partial charge in [0.2, 0.25) is 0 Å². The van der Waals surface area contributed by atoms with Gasteiger partial charge in [0.05, 0.1) is 11.8 Å². The molecule has 120 valence electrons. The van der Waals surface area contributed by atoms with Gasteiger partial charge in [-0.2, -0.15) is 0 Å². The van der Waals surface area contributed by atoms with Gasteiger partial charge >= 0.3 is 0 Å². The number of nitrogens with one attached hydrogen (secondary N) is 2. The minimum absolute atomic E-state index is 0.0491. The maximum Gasteiger partial charge on any atom is 0.257 e. The van der Waals surface area contributed by atoms with Gasteiger partial charge in [-0.3, -0.25) is 10.1 Å². The molecule has 0 aromatic heterocycles. The van der Waals surface area contributed by atoms with Crippen molar-refractivity contribution in [3.63, 3.8) is 0 Å². The number of anilines is 1. The minimum Gasteiger partial charge on any atom is -0.489 e. The predicted octanol–water partition coefficient (Wildman–Crippen LogP) is 3.91. The van der Waals surface area contributed by atoms with Gasteiger partial charge in [0, 0.05) is 5.56 Å². The van der Waals surface area contributed by atoms with Crippen LogP contribution in [0.5, 0.6) is 5.75 Å². The fourth-order valence-electron chi connectivity index (χ4n) is 2.08. The summed E-state index contributed by atoms with van der Waals surface area (Å²) in [6.07, 6.45) is 0.0491. The third-order valence-corrected chi connectivity index (χ3v) is 3.32. The molecule has 2 N–H and O–H groups in total. The van der Waals surface area contributed by atoms with Crippen LogP contribution in [0.25, 0.3) is 0 Å². The van der Waals surface area contributed by atoms with E-state index < -0.39 is 0 Å². The zero-order chi connectivity index (χ0) is 16.8. The first-order valence-electron chi connectivity index (χ1n) is 7.41. The fourth-order valence-corrected chi connectivity index (χ4v) is 2.28. The highest BCUT2D eigenvalue weighted by atomic mass is 32.1. The van der Waals surface area contributed by atoms with Crippen molar-refractivity contribution in [1.82, 2.24) is 5.32 Å². The molecular formula is C18H20N2O2S. The summed E-state index contributed by atoms with van der Waals surface area (Å²) in [6, 6.07) is 14.8. The van der Waals surface area contributed by atoms with Crippen LogP contribution in [0.2, 0.25) is 0 Å². The van der Waals surface area contributed by atoms with Crippen molar-refractivity contribution in [2.24, 2.45) is 0 Å². The number of amides is 1. The van der Waals surface area contributed by atoms with E-state index in [4.69, 9.17) is 17.0 Å². The number of hydrogen-bond acceptors (Lipinski definition) is 3. The largest absolute Gasteiger partial charge is 0.489 e. The molecule has 0 aliphatic carbocycles. The first kappa shape index (κ1) is 17.0. The molecule has 5 heteroatoms. The van der Waals surface area contributed by atoms with Gasteiger partial charge in [0.25, 0.3) is 5.91 Å². The van der Waals surface area contributed by atoms with Crippen molar-refractivity contribution in [1.29, 1.82) is 0 Å². The van der Waals surface area contributed by atoms with Crippen LogP contribution >= 0.6 is 12.2 Å². The Morgan fingerprint density at radius 3 is 2.43 bits per heavy atom. The Labute approximate surface area is 141 Å². The highest BCUT2D eigenvalue weighted by molar-refractivity contribution is 7.80. The lowest BCUT2D eigenvalue weighted by molar-refractivity contribution is 0.0977. The van der Waals surface area contributed by atoms with E-state index in [1.54, 1.807) is 6.07 Å². The standard InChI is InChI=1S/C18H20N2O2S/c1-12(2)22-16-11-7-6-10-15(16)19-18(23)20-17(21)14-9-5-4-8-13(14)3/h4-12H,1-3H3,(H2,19,20,21,23). The average Bonchev–Trinajstić information content (AvgIpc) is 2.49. The van der Waals surface area contributed by atoms with E-state index in [0.717, 1.165) is 11.3 Å². The van der Waals surface area contributed by atoms with E-state index in [1.807, 2.05) is 63.2 Å². The normalized spacial score (nSPS) is 10.3. The monoisotopic (exact) mass is 328 g/mol. The third-order valence-electron chi connectivity index (χ3n) is 3.11. The molecule has 0 atom stereocenters. The van der Waals surface area contributed by atoms with Crippen LogP contribution in [0.4, 0.5) is 5.69 Å². The summed E-state index contributed by atoms with van der Waals surface area (Å²) in [5, 5.41) is 5.94. The van der Waals surface area contributed by atoms with E-state index in [1.165, 1.54) is 0 Å². The lowest BCUT2D eigenvalue weighted by Crippen LogP contribution is -2.34. The SMILES string of the molecule is Cc1ccccc1C(=O)NC(=S)Nc1ccccc1OC(C)C. The summed E-state index contributed by atoms with van der Waals surface area (Å²) >= 11 is 5.23. The van der Waals surface area contributed by atoms with Crippen molar-refractivity contribution in [3.05, 3.63) is 59.7 Å². The van der Waals surface area contributed by atoms with Gasteiger partial charge in [-0.05, 0) is 56.8 Å². The smallest absolute Gasteiger partial charge is 0.257 e. The van der Waals surface area contributed by atoms with E-state index >= 15 is 0 Å². The van der Waals surface area contributed by atoms with E-state index in [9.17, 15) is 4.79 Å². The highest BCUT2D eigenvalue weighted by Crippen LogP contribution is 2.24. The van der Waals surface area contributed by atoms with Gasteiger partial charge in [-0.25, -0.2) is 0 Å². The van der Waals surface area contributed by atoms with Crippen molar-refractivity contribution >= 4 is 28.9 Å². The van der Waals surface area contributed by atoms with Gasteiger partial charge in [0.1, 0.15) is 5.75 Å². The number of hydrogen-bond donors (Lipinski definition) is 2. The number of carbonyl (C=O) groups is 1. The molecule has 2 rings (SSSR count). The number of rotatable bonds is 4. The molecule has 2 aromatic rings. The molecule has 0 heterocycles. The Morgan fingerprint density at radius 1 is 1.09 bits per heavy atom. The molecule has 0 fully saturated rings. The van der Waals surface area contributed by atoms with Crippen molar-refractivity contribution in [2.75, 3.05) is 5.32 Å². The number of carbonyl (C=O) groups excluding carboxylic acids is 1. The molecule has 4 nitrogen and oxygen atoms in total. The van der Waals surface area contributed by atoms with E-state index in [-0.39, 0.29) is 17.1 Å². The first-order chi connectivity index (χ1) is 11.0. The van der Waals surface area contributed by atoms with Crippen LogP contribution in [0.15, 0.2) is 48.5 Å². The van der Waals surface area contributed by atoms with Crippen LogP contribution in [-0.4, -0.2) is 17.1 Å². The molecule has 0 spiro atoms. The Kier molecular flexibility index (Phi) is 5.71. The Hall–Kier alpha value is -2.40. The molecular weight excluding hydrogens is 308 g/mol. The molecule has 0 saturated heterocycles. The second-order valence-electron chi connectivity index (χ2n) is 5.39. The summed E-state index contributed by atoms with van der Waals surface area (Å²) in [5.74, 6) is 0.456. The summed E-state index contributed by atoms with van der Waals surface area (Å²) in [6.45, 7) is 5.79. The van der Waals surface area contributed by atoms with Crippen molar-refractivity contribution in [3.8, 4) is 5.75 Å². The zero-order valence-corrected chi connectivity index (χ0v) is 14.2. The molecule has 0 unspecified atom stereocenters. The lowest BCUT2D eigenvalue weighted by Gasteiger charge is -2.16. The molecule has 23 heavy (non-hydrogen) atoms. The average molecular weight is 328 g/mol. The molecule has 2 aromatic carbocycles. The van der Waals surface area contributed by atoms with Gasteiger partial charge in [0.15, 0.2) is 5.11 Å². The Balaban J connectivity index is 2.06. The van der Waals surface area contributed by atoms with E-state index in [0.29, 0.717) is 11.3 Å². The van der Waals surface area contributed by atoms with Gasteiger partial charge < -0.3 is 10.1 Å². The molecule has 1 amide bonds. The first-order valence-corrected chi connectivity index (χ1v) is 7.82. The van der Waals surface area contributed by atoms with Gasteiger partial charge in [-0.1, -0.05) is 30.3 Å². The quantitative estimate of drug-likeness (QED) is 0.836. The second-order valence-corrected chi connectivity index (χ2v) is 5.79. The number of para-hydroxylation sites is 2.